The van der Waals surface area contributed by atoms with Crippen molar-refractivity contribution in [2.45, 2.75) is 26.3 Å². The van der Waals surface area contributed by atoms with E-state index in [-0.39, 0.29) is 30.1 Å². The number of hydrogen-bond acceptors (Lipinski definition) is 5. The molecule has 1 aromatic rings. The van der Waals surface area contributed by atoms with Crippen LogP contribution in [-0.2, 0) is 9.59 Å². The van der Waals surface area contributed by atoms with Crippen molar-refractivity contribution in [2.75, 3.05) is 6.54 Å². The van der Waals surface area contributed by atoms with Gasteiger partial charge in [-0.25, -0.2) is 4.79 Å². The maximum atomic E-state index is 11.8. The molecule has 0 aliphatic carbocycles. The van der Waals surface area contributed by atoms with Crippen LogP contribution in [0.2, 0.25) is 0 Å². The number of rotatable bonds is 8. The summed E-state index contributed by atoms with van der Waals surface area (Å²) in [7, 11) is 0. The molecule has 9 heteroatoms. The second-order valence-corrected chi connectivity index (χ2v) is 5.44. The summed E-state index contributed by atoms with van der Waals surface area (Å²) >= 11 is 0. The fourth-order valence-electron chi connectivity index (χ4n) is 1.89. The van der Waals surface area contributed by atoms with Crippen molar-refractivity contribution in [1.29, 1.82) is 0 Å². The van der Waals surface area contributed by atoms with Crippen molar-refractivity contribution in [3.63, 3.8) is 0 Å². The molecule has 0 fully saturated rings. The summed E-state index contributed by atoms with van der Waals surface area (Å²) in [6, 6.07) is 4.06. The number of non-ortho nitro benzene ring substituents is 1. The smallest absolute Gasteiger partial charge is 0.326 e. The molecule has 0 aliphatic rings. The maximum Gasteiger partial charge on any atom is 0.326 e. The fraction of sp³-hybridized carbons (Fsp3) is 0.400. The number of nitrogens with zero attached hydrogens (tertiary/aromatic N) is 1. The third-order valence-electron chi connectivity index (χ3n) is 3.23. The van der Waals surface area contributed by atoms with Gasteiger partial charge in [0.1, 0.15) is 6.04 Å². The highest BCUT2D eigenvalue weighted by Gasteiger charge is 2.23. The summed E-state index contributed by atoms with van der Waals surface area (Å²) in [6.07, 6.45) is -0.0742. The Morgan fingerprint density at radius 3 is 2.25 bits per heavy atom. The van der Waals surface area contributed by atoms with Gasteiger partial charge in [0.15, 0.2) is 0 Å². The molecule has 0 spiro atoms. The molecule has 1 atom stereocenters. The van der Waals surface area contributed by atoms with E-state index in [1.165, 1.54) is 24.3 Å². The van der Waals surface area contributed by atoms with Gasteiger partial charge in [-0.3, -0.25) is 19.7 Å². The zero-order valence-corrected chi connectivity index (χ0v) is 13.3. The number of aliphatic carboxylic acids is 1. The summed E-state index contributed by atoms with van der Waals surface area (Å²) in [5.41, 5.74) is 0.103. The van der Waals surface area contributed by atoms with Crippen molar-refractivity contribution >= 4 is 23.5 Å². The van der Waals surface area contributed by atoms with E-state index in [9.17, 15) is 24.5 Å². The van der Waals surface area contributed by atoms with E-state index in [0.717, 1.165) is 0 Å². The Bertz CT molecular complexity index is 627. The summed E-state index contributed by atoms with van der Waals surface area (Å²) in [4.78, 5) is 44.5. The lowest BCUT2D eigenvalue weighted by Crippen LogP contribution is -2.45. The van der Waals surface area contributed by atoms with E-state index in [2.05, 4.69) is 10.6 Å². The van der Waals surface area contributed by atoms with Crippen LogP contribution in [0.4, 0.5) is 5.69 Å². The van der Waals surface area contributed by atoms with Crippen LogP contribution >= 0.6 is 0 Å². The lowest BCUT2D eigenvalue weighted by Gasteiger charge is -2.17. The minimum atomic E-state index is -1.12. The first-order valence-electron chi connectivity index (χ1n) is 7.27. The largest absolute Gasteiger partial charge is 0.480 e. The standard InChI is InChI=1S/C15H19N3O6/c1-9(2)13(15(21)22)17-12(19)7-8-16-14(20)10-3-5-11(6-4-10)18(23)24/h3-6,9,13H,7-8H2,1-2H3,(H,16,20)(H,17,19)(H,21,22). The predicted octanol–water partition coefficient (Wildman–Crippen LogP) is 0.940. The molecule has 0 aliphatic heterocycles. The highest BCUT2D eigenvalue weighted by atomic mass is 16.6. The second-order valence-electron chi connectivity index (χ2n) is 5.44. The average Bonchev–Trinajstić information content (AvgIpc) is 2.51. The van der Waals surface area contributed by atoms with Crippen molar-refractivity contribution in [2.24, 2.45) is 5.92 Å². The lowest BCUT2D eigenvalue weighted by atomic mass is 10.0. The molecule has 0 bridgehead atoms. The SMILES string of the molecule is CC(C)C(NC(=O)CCNC(=O)c1ccc([N+](=O)[O-])cc1)C(=O)O. The van der Waals surface area contributed by atoms with Crippen molar-refractivity contribution in [1.82, 2.24) is 10.6 Å². The molecule has 130 valence electrons. The number of benzene rings is 1. The Balaban J connectivity index is 2.46. The molecule has 0 heterocycles. The van der Waals surface area contributed by atoms with Gasteiger partial charge in [0.05, 0.1) is 4.92 Å². The van der Waals surface area contributed by atoms with Crippen LogP contribution in [-0.4, -0.2) is 40.4 Å². The Labute approximate surface area is 138 Å². The minimum absolute atomic E-state index is 0.0199. The minimum Gasteiger partial charge on any atom is -0.480 e. The Kier molecular flexibility index (Phi) is 6.84. The molecule has 0 saturated heterocycles. The fourth-order valence-corrected chi connectivity index (χ4v) is 1.89. The normalized spacial score (nSPS) is 11.6. The number of nitrogens with one attached hydrogen (secondary N) is 2. The topological polar surface area (TPSA) is 139 Å². The van der Waals surface area contributed by atoms with Gasteiger partial charge in [-0.05, 0) is 18.1 Å². The molecular weight excluding hydrogens is 318 g/mol. The Hall–Kier alpha value is -2.97. The van der Waals surface area contributed by atoms with Crippen LogP contribution in [0.5, 0.6) is 0 Å². The molecular formula is C15H19N3O6. The van der Waals surface area contributed by atoms with Crippen LogP contribution in [0.1, 0.15) is 30.6 Å². The number of carbonyl (C=O) groups excluding carboxylic acids is 2. The van der Waals surface area contributed by atoms with E-state index in [4.69, 9.17) is 5.11 Å². The van der Waals surface area contributed by atoms with E-state index >= 15 is 0 Å². The van der Waals surface area contributed by atoms with Crippen molar-refractivity contribution in [3.05, 3.63) is 39.9 Å². The van der Waals surface area contributed by atoms with Gasteiger partial charge in [-0.1, -0.05) is 13.8 Å². The Morgan fingerprint density at radius 2 is 1.79 bits per heavy atom. The van der Waals surface area contributed by atoms with Gasteiger partial charge in [-0.2, -0.15) is 0 Å². The number of carbonyl (C=O) groups is 3. The van der Waals surface area contributed by atoms with E-state index in [0.29, 0.717) is 0 Å². The number of hydrogen-bond donors (Lipinski definition) is 3. The number of carboxylic acids is 1. The maximum absolute atomic E-state index is 11.8. The third kappa shape index (κ3) is 5.67. The highest BCUT2D eigenvalue weighted by Crippen LogP contribution is 2.11. The first-order valence-corrected chi connectivity index (χ1v) is 7.27. The first-order chi connectivity index (χ1) is 11.2. The number of nitro benzene ring substituents is 1. The molecule has 0 radical (unpaired) electrons. The molecule has 9 nitrogen and oxygen atoms in total. The van der Waals surface area contributed by atoms with Gasteiger partial charge < -0.3 is 15.7 Å². The molecule has 1 unspecified atom stereocenters. The number of nitro groups is 1. The predicted molar refractivity (Wildman–Crippen MR) is 84.5 cm³/mol. The molecule has 3 N–H and O–H groups in total. The zero-order chi connectivity index (χ0) is 18.3. The number of amides is 2. The zero-order valence-electron chi connectivity index (χ0n) is 13.3. The summed E-state index contributed by atoms with van der Waals surface area (Å²) < 4.78 is 0. The number of carboxylic acid groups (broad SMARTS) is 1. The first kappa shape index (κ1) is 19.1. The third-order valence-corrected chi connectivity index (χ3v) is 3.23. The summed E-state index contributed by atoms with van der Waals surface area (Å²) in [5.74, 6) is -2.34. The molecule has 0 saturated carbocycles. The van der Waals surface area contributed by atoms with Gasteiger partial charge in [-0.15, -0.1) is 0 Å². The second kappa shape index (κ2) is 8.61. The van der Waals surface area contributed by atoms with Crippen LogP contribution in [0, 0.1) is 16.0 Å². The highest BCUT2D eigenvalue weighted by molar-refractivity contribution is 5.94. The molecule has 2 amide bonds. The molecule has 24 heavy (non-hydrogen) atoms. The van der Waals surface area contributed by atoms with Gasteiger partial charge in [0.2, 0.25) is 5.91 Å². The van der Waals surface area contributed by atoms with Crippen molar-refractivity contribution < 1.29 is 24.4 Å². The Morgan fingerprint density at radius 1 is 1.21 bits per heavy atom. The molecule has 0 aromatic heterocycles. The van der Waals surface area contributed by atoms with E-state index in [1.807, 2.05) is 0 Å². The van der Waals surface area contributed by atoms with Gasteiger partial charge in [0, 0.05) is 30.7 Å². The summed E-state index contributed by atoms with van der Waals surface area (Å²) in [6.45, 7) is 3.37. The quantitative estimate of drug-likeness (QED) is 0.476. The van der Waals surface area contributed by atoms with Gasteiger partial charge in [0.25, 0.3) is 11.6 Å². The molecule has 1 rings (SSSR count). The van der Waals surface area contributed by atoms with Crippen LogP contribution in [0.15, 0.2) is 24.3 Å². The van der Waals surface area contributed by atoms with E-state index < -0.39 is 28.7 Å². The van der Waals surface area contributed by atoms with Gasteiger partial charge >= 0.3 is 5.97 Å². The molecule has 1 aromatic carbocycles. The van der Waals surface area contributed by atoms with Crippen LogP contribution in [0.25, 0.3) is 0 Å². The van der Waals surface area contributed by atoms with Crippen LogP contribution < -0.4 is 10.6 Å². The van der Waals surface area contributed by atoms with E-state index in [1.54, 1.807) is 13.8 Å². The monoisotopic (exact) mass is 337 g/mol. The average molecular weight is 337 g/mol. The lowest BCUT2D eigenvalue weighted by molar-refractivity contribution is -0.384. The van der Waals surface area contributed by atoms with Crippen LogP contribution in [0.3, 0.4) is 0 Å². The summed E-state index contributed by atoms with van der Waals surface area (Å²) in [5, 5.41) is 24.4. The van der Waals surface area contributed by atoms with Crippen molar-refractivity contribution in [3.8, 4) is 0 Å².